The van der Waals surface area contributed by atoms with Gasteiger partial charge in [0.2, 0.25) is 5.91 Å². The van der Waals surface area contributed by atoms with Crippen LogP contribution in [0.2, 0.25) is 0 Å². The van der Waals surface area contributed by atoms with E-state index in [0.717, 1.165) is 48.6 Å². The van der Waals surface area contributed by atoms with E-state index in [1.54, 1.807) is 0 Å². The van der Waals surface area contributed by atoms with Gasteiger partial charge in [-0.15, -0.1) is 0 Å². The molecule has 2 heterocycles. The molecule has 1 aliphatic heterocycles. The van der Waals surface area contributed by atoms with E-state index in [9.17, 15) is 4.79 Å². The van der Waals surface area contributed by atoms with Crippen molar-refractivity contribution in [3.8, 4) is 5.75 Å². The average molecular weight is 418 g/mol. The molecule has 1 unspecified atom stereocenters. The van der Waals surface area contributed by atoms with E-state index < -0.39 is 0 Å². The SMILES string of the molecule is CC(C)c1ccc(OCCc2cc(C3CCN(C(=O)Cc4ccccc4)C3)n[nH]2)cc1. The van der Waals surface area contributed by atoms with Crippen LogP contribution in [0.4, 0.5) is 0 Å². The lowest BCUT2D eigenvalue weighted by Gasteiger charge is -2.16. The highest BCUT2D eigenvalue weighted by Crippen LogP contribution is 2.27. The van der Waals surface area contributed by atoms with Gasteiger partial charge in [-0.1, -0.05) is 56.3 Å². The van der Waals surface area contributed by atoms with Crippen molar-refractivity contribution in [1.82, 2.24) is 15.1 Å². The van der Waals surface area contributed by atoms with Gasteiger partial charge in [0.1, 0.15) is 5.75 Å². The average Bonchev–Trinajstić information content (AvgIpc) is 3.45. The molecule has 5 heteroatoms. The van der Waals surface area contributed by atoms with Crippen molar-refractivity contribution < 1.29 is 9.53 Å². The minimum Gasteiger partial charge on any atom is -0.493 e. The summed E-state index contributed by atoms with van der Waals surface area (Å²) in [6.45, 7) is 6.53. The van der Waals surface area contributed by atoms with Crippen LogP contribution in [-0.4, -0.2) is 40.7 Å². The van der Waals surface area contributed by atoms with Gasteiger partial charge in [-0.3, -0.25) is 9.89 Å². The summed E-state index contributed by atoms with van der Waals surface area (Å²) in [5.41, 5.74) is 4.50. The molecular weight excluding hydrogens is 386 g/mol. The molecule has 1 amide bonds. The van der Waals surface area contributed by atoms with Crippen molar-refractivity contribution >= 4 is 5.91 Å². The number of amides is 1. The Morgan fingerprint density at radius 3 is 2.68 bits per heavy atom. The van der Waals surface area contributed by atoms with Crippen LogP contribution in [0, 0.1) is 0 Å². The fraction of sp³-hybridized carbons (Fsp3) is 0.385. The summed E-state index contributed by atoms with van der Waals surface area (Å²) in [5, 5.41) is 7.66. The summed E-state index contributed by atoms with van der Waals surface area (Å²) < 4.78 is 5.88. The molecule has 0 aliphatic carbocycles. The van der Waals surface area contributed by atoms with Crippen molar-refractivity contribution in [2.45, 2.75) is 44.9 Å². The third kappa shape index (κ3) is 5.54. The predicted molar refractivity (Wildman–Crippen MR) is 122 cm³/mol. The van der Waals surface area contributed by atoms with Gasteiger partial charge < -0.3 is 9.64 Å². The number of hydrogen-bond donors (Lipinski definition) is 1. The van der Waals surface area contributed by atoms with Crippen LogP contribution in [0.1, 0.15) is 54.6 Å². The zero-order valence-electron chi connectivity index (χ0n) is 18.4. The Morgan fingerprint density at radius 1 is 1.16 bits per heavy atom. The quantitative estimate of drug-likeness (QED) is 0.577. The Bertz CT molecular complexity index is 979. The number of nitrogens with zero attached hydrogens (tertiary/aromatic N) is 2. The number of aromatic amines is 1. The number of hydrogen-bond acceptors (Lipinski definition) is 3. The minimum absolute atomic E-state index is 0.196. The molecule has 1 fully saturated rings. The maximum atomic E-state index is 12.6. The summed E-state index contributed by atoms with van der Waals surface area (Å²) >= 11 is 0. The first-order valence-corrected chi connectivity index (χ1v) is 11.2. The number of benzene rings is 2. The van der Waals surface area contributed by atoms with Crippen LogP contribution >= 0.6 is 0 Å². The molecule has 2 aromatic carbocycles. The van der Waals surface area contributed by atoms with E-state index in [0.29, 0.717) is 24.9 Å². The molecule has 0 bridgehead atoms. The molecule has 3 aromatic rings. The Kier molecular flexibility index (Phi) is 6.70. The molecule has 1 N–H and O–H groups in total. The lowest BCUT2D eigenvalue weighted by Crippen LogP contribution is -2.29. The normalized spacial score (nSPS) is 16.1. The standard InChI is InChI=1S/C26H31N3O2/c1-19(2)21-8-10-24(11-9-21)31-15-13-23-17-25(28-27-23)22-12-14-29(18-22)26(30)16-20-6-4-3-5-7-20/h3-11,17,19,22H,12-16,18H2,1-2H3,(H,27,28). The molecule has 0 radical (unpaired) electrons. The molecule has 4 rings (SSSR count). The first kappa shape index (κ1) is 21.2. The Labute approximate surface area is 184 Å². The number of aromatic nitrogens is 2. The third-order valence-electron chi connectivity index (χ3n) is 6.00. The smallest absolute Gasteiger partial charge is 0.227 e. The minimum atomic E-state index is 0.196. The molecule has 1 saturated heterocycles. The number of ether oxygens (including phenoxy) is 1. The zero-order chi connectivity index (χ0) is 21.6. The molecule has 0 saturated carbocycles. The van der Waals surface area contributed by atoms with Crippen molar-refractivity contribution in [3.63, 3.8) is 0 Å². The summed E-state index contributed by atoms with van der Waals surface area (Å²) in [6.07, 6.45) is 2.21. The lowest BCUT2D eigenvalue weighted by molar-refractivity contribution is -0.129. The highest BCUT2D eigenvalue weighted by molar-refractivity contribution is 5.79. The number of rotatable bonds is 8. The lowest BCUT2D eigenvalue weighted by atomic mass is 10.0. The summed E-state index contributed by atoms with van der Waals surface area (Å²) in [6, 6.07) is 20.4. The number of carbonyl (C=O) groups excluding carboxylic acids is 1. The van der Waals surface area contributed by atoms with Gasteiger partial charge >= 0.3 is 0 Å². The zero-order valence-corrected chi connectivity index (χ0v) is 18.4. The van der Waals surface area contributed by atoms with Gasteiger partial charge in [0.15, 0.2) is 0 Å². The number of nitrogens with one attached hydrogen (secondary N) is 1. The highest BCUT2D eigenvalue weighted by Gasteiger charge is 2.28. The first-order chi connectivity index (χ1) is 15.1. The van der Waals surface area contributed by atoms with E-state index in [4.69, 9.17) is 4.74 Å². The van der Waals surface area contributed by atoms with Gasteiger partial charge in [-0.2, -0.15) is 5.10 Å². The predicted octanol–water partition coefficient (Wildman–Crippen LogP) is 4.71. The van der Waals surface area contributed by atoms with Crippen molar-refractivity contribution in [3.05, 3.63) is 83.2 Å². The number of H-pyrrole nitrogens is 1. The highest BCUT2D eigenvalue weighted by atomic mass is 16.5. The van der Waals surface area contributed by atoms with Crippen molar-refractivity contribution in [1.29, 1.82) is 0 Å². The second-order valence-corrected chi connectivity index (χ2v) is 8.63. The van der Waals surface area contributed by atoms with Gasteiger partial charge in [0, 0.05) is 31.1 Å². The largest absolute Gasteiger partial charge is 0.493 e. The first-order valence-electron chi connectivity index (χ1n) is 11.2. The van der Waals surface area contributed by atoms with E-state index >= 15 is 0 Å². The Morgan fingerprint density at radius 2 is 1.94 bits per heavy atom. The topological polar surface area (TPSA) is 58.2 Å². The monoisotopic (exact) mass is 417 g/mol. The Hall–Kier alpha value is -3.08. The molecule has 1 aromatic heterocycles. The van der Waals surface area contributed by atoms with Crippen molar-refractivity contribution in [2.24, 2.45) is 0 Å². The van der Waals surface area contributed by atoms with Gasteiger partial charge in [-0.05, 0) is 41.7 Å². The second-order valence-electron chi connectivity index (χ2n) is 8.63. The maximum absolute atomic E-state index is 12.6. The van der Waals surface area contributed by atoms with E-state index in [-0.39, 0.29) is 5.91 Å². The van der Waals surface area contributed by atoms with Crippen LogP contribution in [-0.2, 0) is 17.6 Å². The van der Waals surface area contributed by atoms with E-state index in [2.05, 4.69) is 42.2 Å². The fourth-order valence-corrected chi connectivity index (χ4v) is 4.05. The number of carbonyl (C=O) groups is 1. The second kappa shape index (κ2) is 9.82. The molecule has 162 valence electrons. The summed E-state index contributed by atoms with van der Waals surface area (Å²) in [4.78, 5) is 14.6. The molecule has 31 heavy (non-hydrogen) atoms. The Balaban J connectivity index is 1.24. The fourth-order valence-electron chi connectivity index (χ4n) is 4.05. The molecule has 5 nitrogen and oxygen atoms in total. The summed E-state index contributed by atoms with van der Waals surface area (Å²) in [5.74, 6) is 1.92. The number of likely N-dealkylation sites (tertiary alicyclic amines) is 1. The van der Waals surface area contributed by atoms with Crippen LogP contribution in [0.5, 0.6) is 5.75 Å². The molecule has 1 aliphatic rings. The van der Waals surface area contributed by atoms with E-state index in [1.165, 1.54) is 5.56 Å². The third-order valence-corrected chi connectivity index (χ3v) is 6.00. The maximum Gasteiger partial charge on any atom is 0.227 e. The molecule has 1 atom stereocenters. The summed E-state index contributed by atoms with van der Waals surface area (Å²) in [7, 11) is 0. The van der Waals surface area contributed by atoms with Gasteiger partial charge in [-0.25, -0.2) is 0 Å². The van der Waals surface area contributed by atoms with Gasteiger partial charge in [0.05, 0.1) is 18.7 Å². The molecule has 0 spiro atoms. The van der Waals surface area contributed by atoms with Crippen LogP contribution in [0.3, 0.4) is 0 Å². The van der Waals surface area contributed by atoms with Crippen LogP contribution in [0.25, 0.3) is 0 Å². The van der Waals surface area contributed by atoms with Gasteiger partial charge in [0.25, 0.3) is 0 Å². The molecular formula is C26H31N3O2. The van der Waals surface area contributed by atoms with Crippen LogP contribution < -0.4 is 4.74 Å². The van der Waals surface area contributed by atoms with Crippen LogP contribution in [0.15, 0.2) is 60.7 Å². The van der Waals surface area contributed by atoms with E-state index in [1.807, 2.05) is 47.4 Å². The van der Waals surface area contributed by atoms with Crippen molar-refractivity contribution in [2.75, 3.05) is 19.7 Å².